The van der Waals surface area contributed by atoms with Crippen LogP contribution < -0.4 is 14.8 Å². The molecule has 0 unspecified atom stereocenters. The average Bonchev–Trinajstić information content (AvgIpc) is 3.14. The molecule has 1 aromatic heterocycles. The Morgan fingerprint density at radius 1 is 1.08 bits per heavy atom. The smallest absolute Gasteiger partial charge is 0.251 e. The summed E-state index contributed by atoms with van der Waals surface area (Å²) in [4.78, 5) is 17.0. The van der Waals surface area contributed by atoms with Crippen LogP contribution in [-0.4, -0.2) is 17.7 Å². The molecule has 0 saturated heterocycles. The maximum atomic E-state index is 12.5. The fraction of sp³-hybridized carbons (Fsp3) is 0.143. The third kappa shape index (κ3) is 3.24. The molecule has 1 aliphatic rings. The van der Waals surface area contributed by atoms with Crippen LogP contribution in [0.1, 0.15) is 21.5 Å². The van der Waals surface area contributed by atoms with Crippen molar-refractivity contribution >= 4 is 5.91 Å². The van der Waals surface area contributed by atoms with E-state index in [4.69, 9.17) is 9.47 Å². The fourth-order valence-electron chi connectivity index (χ4n) is 2.95. The van der Waals surface area contributed by atoms with Gasteiger partial charge in [-0.15, -0.1) is 0 Å². The number of ether oxygens (including phenoxy) is 2. The first-order valence-corrected chi connectivity index (χ1v) is 8.39. The van der Waals surface area contributed by atoms with Crippen LogP contribution in [0.4, 0.5) is 0 Å². The van der Waals surface area contributed by atoms with Crippen molar-refractivity contribution < 1.29 is 14.3 Å². The van der Waals surface area contributed by atoms with Crippen LogP contribution in [0.15, 0.2) is 60.8 Å². The zero-order valence-corrected chi connectivity index (χ0v) is 14.4. The molecule has 1 aliphatic heterocycles. The number of nitrogens with zero attached hydrogens (tertiary/aromatic N) is 1. The molecule has 0 saturated carbocycles. The van der Waals surface area contributed by atoms with Crippen LogP contribution >= 0.6 is 0 Å². The molecule has 0 spiro atoms. The quantitative estimate of drug-likeness (QED) is 0.782. The van der Waals surface area contributed by atoms with Gasteiger partial charge >= 0.3 is 0 Å². The molecule has 5 nitrogen and oxygen atoms in total. The molecule has 3 aromatic rings. The van der Waals surface area contributed by atoms with E-state index in [0.717, 1.165) is 16.8 Å². The molecule has 2 heterocycles. The number of hydrogen-bond donors (Lipinski definition) is 1. The van der Waals surface area contributed by atoms with E-state index in [1.54, 1.807) is 24.4 Å². The summed E-state index contributed by atoms with van der Waals surface area (Å²) in [7, 11) is 0. The van der Waals surface area contributed by atoms with Gasteiger partial charge in [-0.25, -0.2) is 0 Å². The minimum atomic E-state index is -0.164. The Morgan fingerprint density at radius 3 is 2.85 bits per heavy atom. The lowest BCUT2D eigenvalue weighted by Crippen LogP contribution is -2.23. The van der Waals surface area contributed by atoms with Gasteiger partial charge in [0.15, 0.2) is 11.5 Å². The Hall–Kier alpha value is -3.34. The lowest BCUT2D eigenvalue weighted by atomic mass is 10.0. The molecule has 0 atom stereocenters. The molecule has 0 bridgehead atoms. The van der Waals surface area contributed by atoms with Crippen LogP contribution in [0.25, 0.3) is 11.3 Å². The van der Waals surface area contributed by atoms with E-state index in [1.165, 1.54) is 5.56 Å². The van der Waals surface area contributed by atoms with E-state index in [2.05, 4.69) is 16.4 Å². The molecule has 0 fully saturated rings. The van der Waals surface area contributed by atoms with Crippen molar-refractivity contribution in [1.82, 2.24) is 10.3 Å². The fourth-order valence-corrected chi connectivity index (χ4v) is 2.95. The normalized spacial score (nSPS) is 12.0. The second-order valence-corrected chi connectivity index (χ2v) is 6.13. The highest BCUT2D eigenvalue weighted by atomic mass is 16.7. The van der Waals surface area contributed by atoms with Gasteiger partial charge in [-0.3, -0.25) is 9.78 Å². The molecule has 0 radical (unpaired) electrons. The number of fused-ring (bicyclic) bond motifs is 1. The predicted molar refractivity (Wildman–Crippen MR) is 98.1 cm³/mol. The molecular weight excluding hydrogens is 328 g/mol. The molecule has 0 aliphatic carbocycles. The summed E-state index contributed by atoms with van der Waals surface area (Å²) < 4.78 is 10.6. The summed E-state index contributed by atoms with van der Waals surface area (Å²) in [5, 5.41) is 2.96. The van der Waals surface area contributed by atoms with Crippen molar-refractivity contribution in [3.05, 3.63) is 77.5 Å². The molecular formula is C21H18N2O3. The summed E-state index contributed by atoms with van der Waals surface area (Å²) in [5.74, 6) is 1.09. The van der Waals surface area contributed by atoms with E-state index < -0.39 is 0 Å². The van der Waals surface area contributed by atoms with Gasteiger partial charge in [0.2, 0.25) is 6.79 Å². The van der Waals surface area contributed by atoms with Crippen molar-refractivity contribution in [2.45, 2.75) is 13.5 Å². The van der Waals surface area contributed by atoms with Gasteiger partial charge in [-0.2, -0.15) is 0 Å². The second kappa shape index (κ2) is 6.88. The second-order valence-electron chi connectivity index (χ2n) is 6.13. The topological polar surface area (TPSA) is 60.5 Å². The number of carbonyl (C=O) groups is 1. The van der Waals surface area contributed by atoms with Gasteiger partial charge in [0, 0.05) is 23.9 Å². The Kier molecular flexibility index (Phi) is 4.27. The van der Waals surface area contributed by atoms with Gasteiger partial charge in [-0.1, -0.05) is 29.8 Å². The van der Waals surface area contributed by atoms with Gasteiger partial charge in [0.25, 0.3) is 5.91 Å². The molecule has 1 N–H and O–H groups in total. The third-order valence-corrected chi connectivity index (χ3v) is 4.26. The lowest BCUT2D eigenvalue weighted by molar-refractivity contribution is 0.0950. The van der Waals surface area contributed by atoms with Crippen molar-refractivity contribution in [2.24, 2.45) is 0 Å². The number of aryl methyl sites for hydroxylation is 1. The molecule has 5 heteroatoms. The summed E-state index contributed by atoms with van der Waals surface area (Å²) >= 11 is 0. The Morgan fingerprint density at radius 2 is 1.96 bits per heavy atom. The monoisotopic (exact) mass is 346 g/mol. The van der Waals surface area contributed by atoms with Crippen LogP contribution in [0.2, 0.25) is 0 Å². The summed E-state index contributed by atoms with van der Waals surface area (Å²) in [5.41, 5.74) is 4.59. The van der Waals surface area contributed by atoms with Crippen molar-refractivity contribution in [3.8, 4) is 22.8 Å². The van der Waals surface area contributed by atoms with Crippen molar-refractivity contribution in [1.29, 1.82) is 0 Å². The van der Waals surface area contributed by atoms with E-state index in [9.17, 15) is 4.79 Å². The zero-order valence-electron chi connectivity index (χ0n) is 14.4. The molecule has 130 valence electrons. The molecule has 26 heavy (non-hydrogen) atoms. The van der Waals surface area contributed by atoms with E-state index in [-0.39, 0.29) is 12.7 Å². The molecule has 1 amide bonds. The minimum Gasteiger partial charge on any atom is -0.454 e. The number of hydrogen-bond acceptors (Lipinski definition) is 4. The maximum absolute atomic E-state index is 12.5. The lowest BCUT2D eigenvalue weighted by Gasteiger charge is -2.11. The Labute approximate surface area is 151 Å². The minimum absolute atomic E-state index is 0.164. The summed E-state index contributed by atoms with van der Waals surface area (Å²) in [6.07, 6.45) is 1.76. The number of carbonyl (C=O) groups excluding carboxylic acids is 1. The summed E-state index contributed by atoms with van der Waals surface area (Å²) in [6.45, 7) is 2.63. The third-order valence-electron chi connectivity index (χ3n) is 4.26. The van der Waals surface area contributed by atoms with Crippen LogP contribution in [-0.2, 0) is 6.54 Å². The number of aromatic nitrogens is 1. The number of nitrogens with one attached hydrogen (secondary N) is 1. The number of benzene rings is 2. The standard InChI is InChI=1S/C21H18N2O3/c1-14-4-2-5-15(10-14)20-17(6-3-9-22-20)12-23-21(24)16-7-8-18-19(11-16)26-13-25-18/h2-11H,12-13H2,1H3,(H,23,24). The Bertz CT molecular complexity index is 969. The zero-order chi connectivity index (χ0) is 17.9. The highest BCUT2D eigenvalue weighted by molar-refractivity contribution is 5.95. The molecule has 4 rings (SSSR count). The first-order valence-electron chi connectivity index (χ1n) is 8.39. The first kappa shape index (κ1) is 16.1. The van der Waals surface area contributed by atoms with Gasteiger partial charge < -0.3 is 14.8 Å². The van der Waals surface area contributed by atoms with Crippen molar-refractivity contribution in [2.75, 3.05) is 6.79 Å². The maximum Gasteiger partial charge on any atom is 0.251 e. The van der Waals surface area contributed by atoms with E-state index in [1.807, 2.05) is 37.3 Å². The van der Waals surface area contributed by atoms with Crippen LogP contribution in [0.5, 0.6) is 11.5 Å². The number of rotatable bonds is 4. The van der Waals surface area contributed by atoms with Crippen LogP contribution in [0, 0.1) is 6.92 Å². The average molecular weight is 346 g/mol. The van der Waals surface area contributed by atoms with E-state index in [0.29, 0.717) is 23.6 Å². The van der Waals surface area contributed by atoms with Gasteiger partial charge in [0.1, 0.15) is 0 Å². The SMILES string of the molecule is Cc1cccc(-c2ncccc2CNC(=O)c2ccc3c(c2)OCO3)c1. The highest BCUT2D eigenvalue weighted by Gasteiger charge is 2.16. The van der Waals surface area contributed by atoms with Gasteiger partial charge in [-0.05, 0) is 42.8 Å². The van der Waals surface area contributed by atoms with Crippen molar-refractivity contribution in [3.63, 3.8) is 0 Å². The highest BCUT2D eigenvalue weighted by Crippen LogP contribution is 2.32. The predicted octanol–water partition coefficient (Wildman–Crippen LogP) is 3.72. The largest absolute Gasteiger partial charge is 0.454 e. The molecule has 2 aromatic carbocycles. The number of pyridine rings is 1. The first-order chi connectivity index (χ1) is 12.7. The summed E-state index contributed by atoms with van der Waals surface area (Å²) in [6, 6.07) is 17.2. The Balaban J connectivity index is 1.52. The van der Waals surface area contributed by atoms with Crippen LogP contribution in [0.3, 0.4) is 0 Å². The van der Waals surface area contributed by atoms with Gasteiger partial charge in [0.05, 0.1) is 5.69 Å². The van der Waals surface area contributed by atoms with E-state index >= 15 is 0 Å². The number of amides is 1.